The SMILES string of the molecule is CCOc1cc(CNc2ccc(N3CCOCC3)c(Cl)c2)c(Br)cc1OCC(=O)NC(C)(C)C. The molecule has 0 aliphatic carbocycles. The molecule has 0 aromatic heterocycles. The van der Waals surface area contributed by atoms with Crippen molar-refractivity contribution in [1.82, 2.24) is 5.32 Å². The van der Waals surface area contributed by atoms with Gasteiger partial charge in [-0.1, -0.05) is 27.5 Å². The highest BCUT2D eigenvalue weighted by Crippen LogP contribution is 2.35. The molecule has 7 nitrogen and oxygen atoms in total. The first-order valence-electron chi connectivity index (χ1n) is 11.4. The molecule has 0 spiro atoms. The average Bonchev–Trinajstić information content (AvgIpc) is 2.77. The highest BCUT2D eigenvalue weighted by Gasteiger charge is 2.17. The molecule has 1 heterocycles. The smallest absolute Gasteiger partial charge is 0.258 e. The number of nitrogens with zero attached hydrogens (tertiary/aromatic N) is 1. The summed E-state index contributed by atoms with van der Waals surface area (Å²) in [6, 6.07) is 9.76. The molecule has 1 aliphatic heterocycles. The molecule has 186 valence electrons. The molecule has 2 aromatic rings. The molecule has 0 bridgehead atoms. The van der Waals surface area contributed by atoms with Crippen LogP contribution in [0, 0.1) is 0 Å². The Kier molecular flexibility index (Phi) is 9.33. The van der Waals surface area contributed by atoms with Crippen LogP contribution in [0.25, 0.3) is 0 Å². The number of hydrogen-bond acceptors (Lipinski definition) is 6. The molecule has 2 aromatic carbocycles. The van der Waals surface area contributed by atoms with Crippen molar-refractivity contribution in [2.45, 2.75) is 39.8 Å². The summed E-state index contributed by atoms with van der Waals surface area (Å²) in [4.78, 5) is 14.4. The zero-order valence-electron chi connectivity index (χ0n) is 20.2. The van der Waals surface area contributed by atoms with Crippen molar-refractivity contribution in [3.8, 4) is 11.5 Å². The van der Waals surface area contributed by atoms with Gasteiger partial charge in [-0.15, -0.1) is 0 Å². The third-order valence-corrected chi connectivity index (χ3v) is 6.11. The second-order valence-corrected chi connectivity index (χ2v) is 10.3. The molecule has 0 radical (unpaired) electrons. The maximum atomic E-state index is 12.1. The van der Waals surface area contributed by atoms with Crippen LogP contribution in [0.15, 0.2) is 34.8 Å². The average molecular weight is 555 g/mol. The van der Waals surface area contributed by atoms with Crippen LogP contribution in [-0.2, 0) is 16.1 Å². The minimum Gasteiger partial charge on any atom is -0.490 e. The normalized spacial score (nSPS) is 14.0. The van der Waals surface area contributed by atoms with Crippen LogP contribution in [0.5, 0.6) is 11.5 Å². The first kappa shape index (κ1) is 26.4. The summed E-state index contributed by atoms with van der Waals surface area (Å²) >= 11 is 10.2. The Morgan fingerprint density at radius 1 is 1.15 bits per heavy atom. The van der Waals surface area contributed by atoms with Gasteiger partial charge in [0, 0.05) is 35.3 Å². The van der Waals surface area contributed by atoms with Crippen molar-refractivity contribution in [3.63, 3.8) is 0 Å². The van der Waals surface area contributed by atoms with Crippen LogP contribution in [0.4, 0.5) is 11.4 Å². The van der Waals surface area contributed by atoms with Gasteiger partial charge in [0.25, 0.3) is 5.91 Å². The Morgan fingerprint density at radius 2 is 1.85 bits per heavy atom. The number of ether oxygens (including phenoxy) is 3. The van der Waals surface area contributed by atoms with E-state index in [4.69, 9.17) is 25.8 Å². The van der Waals surface area contributed by atoms with E-state index in [0.717, 1.165) is 34.5 Å². The lowest BCUT2D eigenvalue weighted by Gasteiger charge is -2.29. The third-order valence-electron chi connectivity index (χ3n) is 5.07. The van der Waals surface area contributed by atoms with Crippen LogP contribution < -0.4 is 25.0 Å². The second kappa shape index (κ2) is 12.0. The molecule has 1 fully saturated rings. The summed E-state index contributed by atoms with van der Waals surface area (Å²) in [5, 5.41) is 7.01. The molecule has 3 rings (SSSR count). The number of anilines is 2. The molecule has 0 unspecified atom stereocenters. The lowest BCUT2D eigenvalue weighted by molar-refractivity contribution is -0.124. The van der Waals surface area contributed by atoms with Gasteiger partial charge < -0.3 is 29.7 Å². The van der Waals surface area contributed by atoms with Gasteiger partial charge in [0.15, 0.2) is 18.1 Å². The fourth-order valence-electron chi connectivity index (χ4n) is 3.57. The Balaban J connectivity index is 1.67. The molecular formula is C25H33BrClN3O4. The predicted molar refractivity (Wildman–Crippen MR) is 141 cm³/mol. The van der Waals surface area contributed by atoms with Gasteiger partial charge in [0.2, 0.25) is 0 Å². The summed E-state index contributed by atoms with van der Waals surface area (Å²) in [6.45, 7) is 11.8. The third kappa shape index (κ3) is 7.68. The van der Waals surface area contributed by atoms with Gasteiger partial charge >= 0.3 is 0 Å². The van der Waals surface area contributed by atoms with Crippen molar-refractivity contribution in [1.29, 1.82) is 0 Å². The number of hydrogen-bond donors (Lipinski definition) is 2. The van der Waals surface area contributed by atoms with E-state index in [1.165, 1.54) is 0 Å². The first-order chi connectivity index (χ1) is 16.2. The minimum atomic E-state index is -0.317. The van der Waals surface area contributed by atoms with Crippen molar-refractivity contribution in [2.24, 2.45) is 0 Å². The predicted octanol–water partition coefficient (Wildman–Crippen LogP) is 5.24. The molecule has 1 saturated heterocycles. The number of halogens is 2. The van der Waals surface area contributed by atoms with Gasteiger partial charge in [0.1, 0.15) is 0 Å². The summed E-state index contributed by atoms with van der Waals surface area (Å²) in [5.74, 6) is 0.917. The summed E-state index contributed by atoms with van der Waals surface area (Å²) in [6.07, 6.45) is 0. The van der Waals surface area contributed by atoms with Gasteiger partial charge in [0.05, 0.1) is 30.5 Å². The van der Waals surface area contributed by atoms with E-state index in [-0.39, 0.29) is 18.1 Å². The van der Waals surface area contributed by atoms with E-state index in [1.807, 2.05) is 58.0 Å². The minimum absolute atomic E-state index is 0.0879. The molecule has 0 saturated carbocycles. The van der Waals surface area contributed by atoms with E-state index in [1.54, 1.807) is 0 Å². The summed E-state index contributed by atoms with van der Waals surface area (Å²) in [5.41, 5.74) is 2.62. The van der Waals surface area contributed by atoms with Crippen LogP contribution >= 0.6 is 27.5 Å². The monoisotopic (exact) mass is 553 g/mol. The number of rotatable bonds is 9. The van der Waals surface area contributed by atoms with Crippen LogP contribution in [0.1, 0.15) is 33.3 Å². The van der Waals surface area contributed by atoms with Crippen molar-refractivity contribution in [2.75, 3.05) is 49.7 Å². The molecule has 1 aliphatic rings. The van der Waals surface area contributed by atoms with E-state index < -0.39 is 0 Å². The van der Waals surface area contributed by atoms with Crippen molar-refractivity contribution < 1.29 is 19.0 Å². The van der Waals surface area contributed by atoms with Crippen LogP contribution in [0.3, 0.4) is 0 Å². The molecule has 34 heavy (non-hydrogen) atoms. The highest BCUT2D eigenvalue weighted by molar-refractivity contribution is 9.10. The number of carbonyl (C=O) groups is 1. The fourth-order valence-corrected chi connectivity index (χ4v) is 4.33. The lowest BCUT2D eigenvalue weighted by atomic mass is 10.1. The number of nitrogens with one attached hydrogen (secondary N) is 2. The topological polar surface area (TPSA) is 72.1 Å². The Hall–Kier alpha value is -2.16. The maximum Gasteiger partial charge on any atom is 0.258 e. The number of benzene rings is 2. The maximum absolute atomic E-state index is 12.1. The Bertz CT molecular complexity index is 991. The van der Waals surface area contributed by atoms with Gasteiger partial charge in [-0.3, -0.25) is 4.79 Å². The van der Waals surface area contributed by atoms with E-state index >= 15 is 0 Å². The zero-order chi connectivity index (χ0) is 24.7. The van der Waals surface area contributed by atoms with Crippen molar-refractivity contribution in [3.05, 3.63) is 45.4 Å². The molecule has 9 heteroatoms. The van der Waals surface area contributed by atoms with Crippen LogP contribution in [0.2, 0.25) is 5.02 Å². The van der Waals surface area contributed by atoms with E-state index in [0.29, 0.717) is 42.9 Å². The number of amides is 1. The molecule has 2 N–H and O–H groups in total. The Morgan fingerprint density at radius 3 is 2.50 bits per heavy atom. The van der Waals surface area contributed by atoms with Gasteiger partial charge in [-0.2, -0.15) is 0 Å². The van der Waals surface area contributed by atoms with Crippen molar-refractivity contribution >= 4 is 44.8 Å². The molecule has 0 atom stereocenters. The number of morpholine rings is 1. The molecular weight excluding hydrogens is 522 g/mol. The summed E-state index contributed by atoms with van der Waals surface area (Å²) in [7, 11) is 0. The number of carbonyl (C=O) groups excluding carboxylic acids is 1. The standard InChI is InChI=1S/C25H33BrClN3O4/c1-5-33-22-12-17(19(26)14-23(22)34-16-24(31)29-25(2,3)4)15-28-18-6-7-21(20(27)13-18)30-8-10-32-11-9-30/h6-7,12-14,28H,5,8-11,15-16H2,1-4H3,(H,29,31). The van der Waals surface area contributed by atoms with Gasteiger partial charge in [-0.05, 0) is 63.6 Å². The highest BCUT2D eigenvalue weighted by atomic mass is 79.9. The van der Waals surface area contributed by atoms with E-state index in [2.05, 4.69) is 31.5 Å². The fraction of sp³-hybridized carbons (Fsp3) is 0.480. The first-order valence-corrected chi connectivity index (χ1v) is 12.6. The van der Waals surface area contributed by atoms with E-state index in [9.17, 15) is 4.79 Å². The van der Waals surface area contributed by atoms with Gasteiger partial charge in [-0.25, -0.2) is 0 Å². The zero-order valence-corrected chi connectivity index (χ0v) is 22.5. The Labute approximate surface area is 215 Å². The van der Waals surface area contributed by atoms with Crippen LogP contribution in [-0.4, -0.2) is 51.0 Å². The molecule has 1 amide bonds. The quantitative estimate of drug-likeness (QED) is 0.442. The second-order valence-electron chi connectivity index (χ2n) is 9.03. The largest absolute Gasteiger partial charge is 0.490 e. The summed E-state index contributed by atoms with van der Waals surface area (Å²) < 4.78 is 17.8. The lowest BCUT2D eigenvalue weighted by Crippen LogP contribution is -2.43.